The summed E-state index contributed by atoms with van der Waals surface area (Å²) >= 11 is 5.87. The number of piperidine rings is 1. The Morgan fingerprint density at radius 2 is 2.25 bits per heavy atom. The van der Waals surface area contributed by atoms with Gasteiger partial charge in [-0.3, -0.25) is 4.90 Å². The maximum atomic E-state index is 14.2. The Labute approximate surface area is 126 Å². The van der Waals surface area contributed by atoms with Gasteiger partial charge in [-0.25, -0.2) is 4.39 Å². The first-order valence-corrected chi connectivity index (χ1v) is 7.87. The molecule has 112 valence electrons. The first-order chi connectivity index (χ1) is 9.63. The molecule has 0 spiro atoms. The Kier molecular flexibility index (Phi) is 5.82. The van der Waals surface area contributed by atoms with Gasteiger partial charge in [-0.15, -0.1) is 0 Å². The molecule has 4 heteroatoms. The Bertz CT molecular complexity index is 438. The molecule has 0 saturated carbocycles. The van der Waals surface area contributed by atoms with Crippen LogP contribution in [0.1, 0.15) is 37.8 Å². The molecule has 20 heavy (non-hydrogen) atoms. The van der Waals surface area contributed by atoms with Crippen LogP contribution in [0.15, 0.2) is 18.2 Å². The summed E-state index contributed by atoms with van der Waals surface area (Å²) < 4.78 is 14.2. The Morgan fingerprint density at radius 1 is 1.45 bits per heavy atom. The van der Waals surface area contributed by atoms with Gasteiger partial charge in [-0.05, 0) is 64.0 Å². The number of hydrogen-bond donors (Lipinski definition) is 1. The van der Waals surface area contributed by atoms with Crippen molar-refractivity contribution in [2.75, 3.05) is 26.7 Å². The molecule has 1 saturated heterocycles. The molecule has 2 rings (SSSR count). The van der Waals surface area contributed by atoms with Crippen LogP contribution in [0, 0.1) is 11.7 Å². The lowest BCUT2D eigenvalue weighted by Gasteiger charge is -2.40. The number of hydrogen-bond acceptors (Lipinski definition) is 2. The highest BCUT2D eigenvalue weighted by Gasteiger charge is 2.31. The zero-order chi connectivity index (χ0) is 14.5. The molecule has 2 nitrogen and oxygen atoms in total. The molecular formula is C16H24ClFN2. The van der Waals surface area contributed by atoms with E-state index in [4.69, 9.17) is 11.6 Å². The summed E-state index contributed by atoms with van der Waals surface area (Å²) in [7, 11) is 2.09. The normalized spacial score (nSPS) is 24.0. The molecule has 1 aliphatic heterocycles. The quantitative estimate of drug-likeness (QED) is 0.830. The van der Waals surface area contributed by atoms with Crippen LogP contribution in [-0.2, 0) is 0 Å². The molecule has 1 aromatic rings. The third kappa shape index (κ3) is 3.72. The fourth-order valence-corrected chi connectivity index (χ4v) is 3.33. The van der Waals surface area contributed by atoms with Crippen LogP contribution >= 0.6 is 11.6 Å². The summed E-state index contributed by atoms with van der Waals surface area (Å²) in [6.45, 7) is 5.16. The second-order valence-electron chi connectivity index (χ2n) is 5.70. The summed E-state index contributed by atoms with van der Waals surface area (Å²) in [4.78, 5) is 2.27. The third-order valence-electron chi connectivity index (χ3n) is 4.12. The predicted octanol–water partition coefficient (Wildman–Crippen LogP) is 3.86. The van der Waals surface area contributed by atoms with Gasteiger partial charge in [0.25, 0.3) is 0 Å². The lowest BCUT2D eigenvalue weighted by molar-refractivity contribution is 0.116. The molecule has 0 aliphatic carbocycles. The summed E-state index contributed by atoms with van der Waals surface area (Å²) in [6.07, 6.45) is 3.46. The van der Waals surface area contributed by atoms with Gasteiger partial charge in [-0.1, -0.05) is 24.6 Å². The van der Waals surface area contributed by atoms with Crippen molar-refractivity contribution < 1.29 is 4.39 Å². The first kappa shape index (κ1) is 15.7. The summed E-state index contributed by atoms with van der Waals surface area (Å²) in [5, 5.41) is 3.94. The fourth-order valence-electron chi connectivity index (χ4n) is 3.17. The van der Waals surface area contributed by atoms with Crippen molar-refractivity contribution in [3.63, 3.8) is 0 Å². The van der Waals surface area contributed by atoms with E-state index in [1.807, 2.05) is 6.07 Å². The minimum atomic E-state index is -0.184. The van der Waals surface area contributed by atoms with E-state index < -0.39 is 0 Å². The topological polar surface area (TPSA) is 15.3 Å². The van der Waals surface area contributed by atoms with Gasteiger partial charge < -0.3 is 5.32 Å². The number of nitrogens with one attached hydrogen (secondary N) is 1. The minimum absolute atomic E-state index is 0.144. The minimum Gasteiger partial charge on any atom is -0.316 e. The summed E-state index contributed by atoms with van der Waals surface area (Å²) in [5.74, 6) is 0.271. The summed E-state index contributed by atoms with van der Waals surface area (Å²) in [5.41, 5.74) is 0.778. The molecule has 1 aromatic carbocycles. The van der Waals surface area contributed by atoms with Crippen LogP contribution in [0.2, 0.25) is 5.02 Å². The Balaban J connectivity index is 2.18. The molecule has 0 amide bonds. The van der Waals surface area contributed by atoms with Crippen LogP contribution < -0.4 is 5.32 Å². The molecule has 1 N–H and O–H groups in total. The van der Waals surface area contributed by atoms with E-state index in [2.05, 4.69) is 24.2 Å². The lowest BCUT2D eigenvalue weighted by Crippen LogP contribution is -2.41. The zero-order valence-electron chi connectivity index (χ0n) is 12.3. The van der Waals surface area contributed by atoms with Gasteiger partial charge in [-0.2, -0.15) is 0 Å². The van der Waals surface area contributed by atoms with Gasteiger partial charge in [0.2, 0.25) is 0 Å². The smallest absolute Gasteiger partial charge is 0.129 e. The highest BCUT2D eigenvalue weighted by atomic mass is 35.5. The molecule has 1 fully saturated rings. The van der Waals surface area contributed by atoms with Gasteiger partial charge >= 0.3 is 0 Å². The van der Waals surface area contributed by atoms with E-state index in [0.717, 1.165) is 38.0 Å². The van der Waals surface area contributed by atoms with E-state index >= 15 is 0 Å². The van der Waals surface area contributed by atoms with Gasteiger partial charge in [0.1, 0.15) is 5.82 Å². The number of halogens is 2. The van der Waals surface area contributed by atoms with Crippen molar-refractivity contribution in [1.82, 2.24) is 10.2 Å². The fraction of sp³-hybridized carbons (Fsp3) is 0.625. The number of nitrogens with zero attached hydrogens (tertiary/aromatic N) is 1. The van der Waals surface area contributed by atoms with Gasteiger partial charge in [0, 0.05) is 16.6 Å². The van der Waals surface area contributed by atoms with Crippen LogP contribution in [0.3, 0.4) is 0 Å². The van der Waals surface area contributed by atoms with E-state index in [1.54, 1.807) is 6.07 Å². The average molecular weight is 299 g/mol. The van der Waals surface area contributed by atoms with Crippen molar-refractivity contribution in [3.05, 3.63) is 34.6 Å². The number of rotatable bonds is 5. The lowest BCUT2D eigenvalue weighted by atomic mass is 9.84. The van der Waals surface area contributed by atoms with E-state index in [1.165, 1.54) is 12.5 Å². The van der Waals surface area contributed by atoms with Crippen molar-refractivity contribution in [2.24, 2.45) is 5.92 Å². The maximum Gasteiger partial charge on any atom is 0.129 e. The first-order valence-electron chi connectivity index (χ1n) is 7.49. The van der Waals surface area contributed by atoms with E-state index in [-0.39, 0.29) is 11.9 Å². The molecule has 1 aliphatic rings. The van der Waals surface area contributed by atoms with Gasteiger partial charge in [0.15, 0.2) is 0 Å². The second-order valence-corrected chi connectivity index (χ2v) is 6.13. The maximum absolute atomic E-state index is 14.2. The van der Waals surface area contributed by atoms with Crippen molar-refractivity contribution in [3.8, 4) is 0 Å². The van der Waals surface area contributed by atoms with E-state index in [0.29, 0.717) is 10.9 Å². The molecule has 0 aromatic heterocycles. The highest BCUT2D eigenvalue weighted by molar-refractivity contribution is 6.30. The monoisotopic (exact) mass is 298 g/mol. The SMILES string of the molecule is CCCNCC1CCCN(C)C1c1ccc(Cl)cc1F. The molecule has 2 unspecified atom stereocenters. The number of likely N-dealkylation sites (tertiary alicyclic amines) is 1. The average Bonchev–Trinajstić information content (AvgIpc) is 2.41. The third-order valence-corrected chi connectivity index (χ3v) is 4.36. The van der Waals surface area contributed by atoms with Crippen LogP contribution in [0.5, 0.6) is 0 Å². The number of benzene rings is 1. The predicted molar refractivity (Wildman–Crippen MR) is 82.7 cm³/mol. The molecule has 0 bridgehead atoms. The largest absolute Gasteiger partial charge is 0.316 e. The molecule has 1 heterocycles. The van der Waals surface area contributed by atoms with Crippen molar-refractivity contribution in [1.29, 1.82) is 0 Å². The van der Waals surface area contributed by atoms with Crippen molar-refractivity contribution in [2.45, 2.75) is 32.2 Å². The van der Waals surface area contributed by atoms with Crippen LogP contribution in [-0.4, -0.2) is 31.6 Å². The highest BCUT2D eigenvalue weighted by Crippen LogP contribution is 2.36. The van der Waals surface area contributed by atoms with Gasteiger partial charge in [0.05, 0.1) is 0 Å². The van der Waals surface area contributed by atoms with Crippen LogP contribution in [0.4, 0.5) is 4.39 Å². The molecule has 0 radical (unpaired) electrons. The molecule has 2 atom stereocenters. The Hall–Kier alpha value is -0.640. The van der Waals surface area contributed by atoms with Crippen LogP contribution in [0.25, 0.3) is 0 Å². The standard InChI is InChI=1S/C16H24ClFN2/c1-3-8-19-11-12-5-4-9-20(2)16(12)14-7-6-13(17)10-15(14)18/h6-7,10,12,16,19H,3-5,8-9,11H2,1-2H3. The zero-order valence-corrected chi connectivity index (χ0v) is 13.1. The second kappa shape index (κ2) is 7.39. The summed E-state index contributed by atoms with van der Waals surface area (Å²) in [6, 6.07) is 5.21. The molecular weight excluding hydrogens is 275 g/mol. The van der Waals surface area contributed by atoms with Crippen molar-refractivity contribution >= 4 is 11.6 Å². The Morgan fingerprint density at radius 3 is 2.95 bits per heavy atom. The van der Waals surface area contributed by atoms with E-state index in [9.17, 15) is 4.39 Å².